The molecule has 1 amide bonds. The Bertz CT molecular complexity index is 1170. The van der Waals surface area contributed by atoms with Gasteiger partial charge in [-0.2, -0.15) is 0 Å². The van der Waals surface area contributed by atoms with Crippen LogP contribution in [0.15, 0.2) is 62.9 Å². The predicted octanol–water partition coefficient (Wildman–Crippen LogP) is 4.03. The van der Waals surface area contributed by atoms with Crippen molar-refractivity contribution in [3.05, 3.63) is 65.4 Å². The lowest BCUT2D eigenvalue weighted by atomic mass is 10.1. The van der Waals surface area contributed by atoms with Crippen LogP contribution in [0.2, 0.25) is 0 Å². The highest BCUT2D eigenvalue weighted by Gasteiger charge is 2.31. The maximum Gasteiger partial charge on any atom is 0.274 e. The molecule has 30 heavy (non-hydrogen) atoms. The normalized spacial score (nSPS) is 17.7. The number of sulfone groups is 1. The van der Waals surface area contributed by atoms with Crippen molar-refractivity contribution in [3.63, 3.8) is 0 Å². The van der Waals surface area contributed by atoms with Crippen LogP contribution in [0.1, 0.15) is 28.0 Å². The van der Waals surface area contributed by atoms with E-state index in [0.29, 0.717) is 17.4 Å². The average Bonchev–Trinajstić information content (AvgIpc) is 3.27. The van der Waals surface area contributed by atoms with Gasteiger partial charge in [-0.15, -0.1) is 0 Å². The predicted molar refractivity (Wildman–Crippen MR) is 117 cm³/mol. The van der Waals surface area contributed by atoms with Gasteiger partial charge in [0.25, 0.3) is 5.91 Å². The number of benzene rings is 2. The van der Waals surface area contributed by atoms with Crippen molar-refractivity contribution in [2.75, 3.05) is 11.5 Å². The molecule has 156 valence electrons. The van der Waals surface area contributed by atoms with Crippen LogP contribution in [-0.4, -0.2) is 36.9 Å². The Morgan fingerprint density at radius 3 is 2.30 bits per heavy atom. The van der Waals surface area contributed by atoms with Crippen molar-refractivity contribution < 1.29 is 17.6 Å². The maximum absolute atomic E-state index is 12.9. The Morgan fingerprint density at radius 1 is 1.07 bits per heavy atom. The Morgan fingerprint density at radius 2 is 1.70 bits per heavy atom. The highest BCUT2D eigenvalue weighted by molar-refractivity contribution is 7.99. The van der Waals surface area contributed by atoms with Crippen molar-refractivity contribution in [1.29, 1.82) is 0 Å². The molecule has 1 fully saturated rings. The molecule has 1 aromatic heterocycles. The van der Waals surface area contributed by atoms with Crippen molar-refractivity contribution in [2.24, 2.45) is 0 Å². The summed E-state index contributed by atoms with van der Waals surface area (Å²) in [7, 11) is -3.09. The third-order valence-corrected chi connectivity index (χ3v) is 7.65. The first-order valence-corrected chi connectivity index (χ1v) is 12.3. The smallest absolute Gasteiger partial charge is 0.274 e. The van der Waals surface area contributed by atoms with Crippen molar-refractivity contribution >= 4 is 27.5 Å². The number of nitrogens with zero attached hydrogens (tertiary/aromatic N) is 1. The third-order valence-electron chi connectivity index (χ3n) is 4.91. The van der Waals surface area contributed by atoms with E-state index in [1.54, 1.807) is 0 Å². The van der Waals surface area contributed by atoms with Gasteiger partial charge in [-0.25, -0.2) is 13.4 Å². The molecule has 2 aromatic carbocycles. The first-order chi connectivity index (χ1) is 14.3. The van der Waals surface area contributed by atoms with E-state index in [-0.39, 0.29) is 17.2 Å². The molecule has 2 heterocycles. The van der Waals surface area contributed by atoms with Crippen LogP contribution in [0.25, 0.3) is 11.5 Å². The molecule has 0 radical (unpaired) electrons. The summed E-state index contributed by atoms with van der Waals surface area (Å²) in [5.74, 6) is -0.0132. The number of oxazole rings is 1. The molecule has 4 rings (SSSR count). The monoisotopic (exact) mass is 442 g/mol. The van der Waals surface area contributed by atoms with Crippen LogP contribution in [0.3, 0.4) is 0 Å². The Kier molecular flexibility index (Phi) is 5.71. The number of aryl methyl sites for hydroxylation is 2. The van der Waals surface area contributed by atoms with E-state index in [9.17, 15) is 13.2 Å². The van der Waals surface area contributed by atoms with E-state index in [4.69, 9.17) is 4.42 Å². The quantitative estimate of drug-likeness (QED) is 0.642. The lowest BCUT2D eigenvalue weighted by Crippen LogP contribution is -2.36. The van der Waals surface area contributed by atoms with Gasteiger partial charge in [0.15, 0.2) is 20.6 Å². The fourth-order valence-corrected chi connectivity index (χ4v) is 5.73. The van der Waals surface area contributed by atoms with Gasteiger partial charge < -0.3 is 9.73 Å². The van der Waals surface area contributed by atoms with Crippen LogP contribution in [-0.2, 0) is 9.84 Å². The van der Waals surface area contributed by atoms with Gasteiger partial charge >= 0.3 is 0 Å². The Labute approximate surface area is 180 Å². The minimum absolute atomic E-state index is 0.0398. The zero-order valence-corrected chi connectivity index (χ0v) is 18.3. The number of aromatic nitrogens is 1. The molecule has 0 spiro atoms. The zero-order valence-electron chi connectivity index (χ0n) is 16.7. The second-order valence-corrected chi connectivity index (χ2v) is 10.8. The highest BCUT2D eigenvalue weighted by atomic mass is 32.2. The van der Waals surface area contributed by atoms with Gasteiger partial charge in [0.2, 0.25) is 5.89 Å². The first-order valence-electron chi connectivity index (χ1n) is 9.63. The van der Waals surface area contributed by atoms with Crippen molar-refractivity contribution in [2.45, 2.75) is 36.3 Å². The van der Waals surface area contributed by atoms with Gasteiger partial charge in [-0.05, 0) is 56.3 Å². The van der Waals surface area contributed by atoms with Crippen molar-refractivity contribution in [1.82, 2.24) is 10.3 Å². The Hall–Kier alpha value is -2.58. The number of carbonyl (C=O) groups is 1. The molecule has 1 atom stereocenters. The van der Waals surface area contributed by atoms with E-state index in [2.05, 4.69) is 10.3 Å². The maximum atomic E-state index is 12.9. The number of rotatable bonds is 5. The molecule has 1 N–H and O–H groups in total. The van der Waals surface area contributed by atoms with Gasteiger partial charge in [0.1, 0.15) is 0 Å². The number of hydrogen-bond donors (Lipinski definition) is 1. The lowest BCUT2D eigenvalue weighted by molar-refractivity contribution is 0.0931. The molecule has 3 aromatic rings. The van der Waals surface area contributed by atoms with E-state index in [0.717, 1.165) is 21.6 Å². The molecule has 0 saturated carbocycles. The highest BCUT2D eigenvalue weighted by Crippen LogP contribution is 2.34. The van der Waals surface area contributed by atoms with E-state index >= 15 is 0 Å². The summed E-state index contributed by atoms with van der Waals surface area (Å²) in [5, 5.41) is 3.19. The fourth-order valence-electron chi connectivity index (χ4n) is 3.21. The van der Waals surface area contributed by atoms with Crippen LogP contribution in [0.4, 0.5) is 0 Å². The number of amides is 1. The molecule has 1 aliphatic rings. The Balaban J connectivity index is 1.64. The summed E-state index contributed by atoms with van der Waals surface area (Å²) < 4.78 is 29.4. The van der Waals surface area contributed by atoms with E-state index in [1.807, 2.05) is 62.4 Å². The number of carbonyl (C=O) groups excluding carboxylic acids is 1. The third kappa shape index (κ3) is 4.76. The first kappa shape index (κ1) is 20.7. The second-order valence-electron chi connectivity index (χ2n) is 7.51. The van der Waals surface area contributed by atoms with Gasteiger partial charge in [-0.3, -0.25) is 4.79 Å². The summed E-state index contributed by atoms with van der Waals surface area (Å²) in [5.41, 5.74) is 3.19. The summed E-state index contributed by atoms with van der Waals surface area (Å²) in [6.07, 6.45) is 0.414. The zero-order chi connectivity index (χ0) is 21.3. The van der Waals surface area contributed by atoms with Crippen LogP contribution in [0.5, 0.6) is 0 Å². The topological polar surface area (TPSA) is 89.3 Å². The summed E-state index contributed by atoms with van der Waals surface area (Å²) in [6, 6.07) is 15.2. The van der Waals surface area contributed by atoms with E-state index < -0.39 is 21.8 Å². The molecule has 6 nitrogen and oxygen atoms in total. The number of hydrogen-bond acceptors (Lipinski definition) is 6. The molecule has 1 aliphatic heterocycles. The molecular formula is C22H22N2O4S2. The standard InChI is InChI=1S/C22H22N2O4S2/c1-14-3-7-16(8-4-14)21-24-19(20(25)23-17-11-12-30(26,27)13-17)22(28-21)29-18-9-5-15(2)6-10-18/h3-10,17H,11-13H2,1-2H3,(H,23,25)/t17-/m0/s1. The molecule has 0 aliphatic carbocycles. The van der Waals surface area contributed by atoms with Crippen molar-refractivity contribution in [3.8, 4) is 11.5 Å². The molecule has 0 unspecified atom stereocenters. The summed E-state index contributed by atoms with van der Waals surface area (Å²) >= 11 is 1.32. The minimum Gasteiger partial charge on any atom is -0.429 e. The molecular weight excluding hydrogens is 420 g/mol. The van der Waals surface area contributed by atoms with Crippen LogP contribution in [0, 0.1) is 13.8 Å². The van der Waals surface area contributed by atoms with E-state index in [1.165, 1.54) is 11.8 Å². The summed E-state index contributed by atoms with van der Waals surface area (Å²) in [6.45, 7) is 4.00. The van der Waals surface area contributed by atoms with Crippen LogP contribution >= 0.6 is 11.8 Å². The van der Waals surface area contributed by atoms with Crippen LogP contribution < -0.4 is 5.32 Å². The van der Waals surface area contributed by atoms with Gasteiger partial charge in [0.05, 0.1) is 11.5 Å². The molecule has 1 saturated heterocycles. The molecule has 8 heteroatoms. The second kappa shape index (κ2) is 8.28. The average molecular weight is 443 g/mol. The number of nitrogens with one attached hydrogen (secondary N) is 1. The van der Waals surface area contributed by atoms with Gasteiger partial charge in [-0.1, -0.05) is 35.4 Å². The largest absolute Gasteiger partial charge is 0.429 e. The fraction of sp³-hybridized carbons (Fsp3) is 0.273. The van der Waals surface area contributed by atoms with Gasteiger partial charge in [0, 0.05) is 16.5 Å². The summed E-state index contributed by atoms with van der Waals surface area (Å²) in [4.78, 5) is 18.3. The molecule has 0 bridgehead atoms. The SMILES string of the molecule is Cc1ccc(Sc2oc(-c3ccc(C)cc3)nc2C(=O)N[C@H]2CCS(=O)(=O)C2)cc1. The lowest BCUT2D eigenvalue weighted by Gasteiger charge is -2.09. The minimum atomic E-state index is -3.09.